The van der Waals surface area contributed by atoms with Crippen molar-refractivity contribution < 1.29 is 0 Å². The van der Waals surface area contributed by atoms with E-state index in [1.165, 1.54) is 105 Å². The predicted octanol–water partition coefficient (Wildman–Crippen LogP) is 18.2. The second-order valence-electron chi connectivity index (χ2n) is 20.0. The minimum Gasteiger partial charge on any atom is -0.310 e. The van der Waals surface area contributed by atoms with E-state index >= 15 is 0 Å². The molecular formula is C69H52N2. The molecule has 14 rings (SSSR count). The quantitative estimate of drug-likeness (QED) is 0.147. The third kappa shape index (κ3) is 6.62. The average molecular weight is 909 g/mol. The van der Waals surface area contributed by atoms with Crippen molar-refractivity contribution in [2.45, 2.75) is 38.0 Å². The highest BCUT2D eigenvalue weighted by Crippen LogP contribution is 2.63. The van der Waals surface area contributed by atoms with E-state index in [0.29, 0.717) is 5.92 Å². The number of hydrogen-bond acceptors (Lipinski definition) is 1. The number of allylic oxidation sites excluding steroid dienone is 10. The summed E-state index contributed by atoms with van der Waals surface area (Å²) in [5.41, 5.74) is 23.0. The molecule has 2 nitrogen and oxygen atoms in total. The molecule has 9 aromatic carbocycles. The lowest BCUT2D eigenvalue weighted by atomic mass is 9.66. The van der Waals surface area contributed by atoms with Gasteiger partial charge in [0.25, 0.3) is 0 Å². The van der Waals surface area contributed by atoms with Crippen LogP contribution in [0, 0.1) is 5.92 Å². The zero-order chi connectivity index (χ0) is 47.0. The van der Waals surface area contributed by atoms with Crippen molar-refractivity contribution >= 4 is 60.8 Å². The maximum absolute atomic E-state index is 2.53. The van der Waals surface area contributed by atoms with Crippen molar-refractivity contribution in [2.75, 3.05) is 4.90 Å². The molecule has 0 saturated heterocycles. The molecule has 0 N–H and O–H groups in total. The van der Waals surface area contributed by atoms with Gasteiger partial charge in [0.15, 0.2) is 0 Å². The average Bonchev–Trinajstić information content (AvgIpc) is 4.07. The molecule has 0 saturated carbocycles. The number of hydrogen-bond donors (Lipinski definition) is 0. The topological polar surface area (TPSA) is 8.17 Å². The fourth-order valence-corrected chi connectivity index (χ4v) is 12.7. The van der Waals surface area contributed by atoms with Crippen molar-refractivity contribution in [1.29, 1.82) is 0 Å². The van der Waals surface area contributed by atoms with E-state index < -0.39 is 5.41 Å². The zero-order valence-electron chi connectivity index (χ0n) is 39.9. The maximum atomic E-state index is 2.53. The first-order valence-corrected chi connectivity index (χ1v) is 25.4. The molecule has 1 unspecified atom stereocenters. The van der Waals surface area contributed by atoms with Crippen LogP contribution in [0.2, 0.25) is 0 Å². The molecule has 0 aliphatic heterocycles. The number of para-hydroxylation sites is 1. The standard InChI is InChI=1S/C69H52N2/c1-46-25-26-53-44-65-68(62(53)41-46)61-39-38-59(45-64(61)69(65,54-19-7-3-8-20-54)55-21-9-4-10-22-55)70(58-37-31-48-17-11-12-18-51(48)42-58)56-33-29-50(30-34-56)52-32-40-67-63(43-52)60-23-13-14-24-66(60)71(67)57-35-27-49(28-36-57)47-15-5-2-6-16-47/h2-5,7-15,17-40,42-43,45-46H,6,16,41,44H2,1H3. The van der Waals surface area contributed by atoms with Crippen molar-refractivity contribution in [3.63, 3.8) is 0 Å². The smallest absolute Gasteiger partial charge is 0.0680 e. The Hall–Kier alpha value is -8.46. The molecule has 4 aliphatic carbocycles. The summed E-state index contributed by atoms with van der Waals surface area (Å²) in [4.78, 5) is 2.47. The molecule has 1 aromatic heterocycles. The van der Waals surface area contributed by atoms with Crippen LogP contribution in [0.5, 0.6) is 0 Å². The number of aromatic nitrogens is 1. The fourth-order valence-electron chi connectivity index (χ4n) is 12.7. The van der Waals surface area contributed by atoms with Crippen LogP contribution in [0.3, 0.4) is 0 Å². The summed E-state index contributed by atoms with van der Waals surface area (Å²) in [6.07, 6.45) is 15.7. The van der Waals surface area contributed by atoms with Crippen molar-refractivity contribution in [3.05, 3.63) is 287 Å². The van der Waals surface area contributed by atoms with Gasteiger partial charge in [-0.1, -0.05) is 183 Å². The van der Waals surface area contributed by atoms with Gasteiger partial charge >= 0.3 is 0 Å². The molecule has 0 bridgehead atoms. The lowest BCUT2D eigenvalue weighted by Crippen LogP contribution is -2.30. The summed E-state index contributed by atoms with van der Waals surface area (Å²) >= 11 is 0. The monoisotopic (exact) mass is 908 g/mol. The van der Waals surface area contributed by atoms with Gasteiger partial charge in [0, 0.05) is 33.5 Å². The lowest BCUT2D eigenvalue weighted by molar-refractivity contribution is 0.706. The molecule has 10 aromatic rings. The first-order chi connectivity index (χ1) is 35.1. The van der Waals surface area contributed by atoms with Crippen LogP contribution in [0.1, 0.15) is 60.4 Å². The Morgan fingerprint density at radius 1 is 0.549 bits per heavy atom. The molecule has 0 fully saturated rings. The third-order valence-corrected chi connectivity index (χ3v) is 15.9. The van der Waals surface area contributed by atoms with Crippen LogP contribution in [0.15, 0.2) is 259 Å². The Bertz CT molecular complexity index is 3870. The summed E-state index contributed by atoms with van der Waals surface area (Å²) in [6.45, 7) is 2.36. The molecule has 0 radical (unpaired) electrons. The normalized spacial score (nSPS) is 16.7. The Labute approximate surface area is 416 Å². The largest absolute Gasteiger partial charge is 0.310 e. The number of benzene rings is 9. The van der Waals surface area contributed by atoms with Crippen molar-refractivity contribution in [2.24, 2.45) is 5.92 Å². The minimum absolute atomic E-state index is 0.452. The van der Waals surface area contributed by atoms with Crippen LogP contribution < -0.4 is 4.90 Å². The first kappa shape index (κ1) is 41.5. The molecule has 1 heterocycles. The second kappa shape index (κ2) is 16.6. The van der Waals surface area contributed by atoms with Gasteiger partial charge in [0.05, 0.1) is 16.4 Å². The van der Waals surface area contributed by atoms with Gasteiger partial charge in [-0.15, -0.1) is 0 Å². The van der Waals surface area contributed by atoms with Gasteiger partial charge in [-0.3, -0.25) is 0 Å². The SMILES string of the molecule is CC1C=CC2=C(C1)C1=C(C2)C(c2ccccc2)(c2ccccc2)c2cc(N(c3ccc(-c4ccc5c(c4)c4ccccc4n5-c4ccc(C5=CC=CCC5)cc4)cc3)c3ccc4ccccc4c3)ccc21. The van der Waals surface area contributed by atoms with Crippen LogP contribution in [0.4, 0.5) is 17.1 Å². The first-order valence-electron chi connectivity index (χ1n) is 25.4. The van der Waals surface area contributed by atoms with E-state index in [0.717, 1.165) is 42.7 Å². The number of fused-ring (bicyclic) bond motifs is 7. The van der Waals surface area contributed by atoms with Crippen LogP contribution in [-0.2, 0) is 5.41 Å². The molecule has 4 aliphatic rings. The highest BCUT2D eigenvalue weighted by Gasteiger charge is 2.51. The van der Waals surface area contributed by atoms with E-state index in [9.17, 15) is 0 Å². The highest BCUT2D eigenvalue weighted by molar-refractivity contribution is 6.10. The lowest BCUT2D eigenvalue weighted by Gasteiger charge is -2.36. The predicted molar refractivity (Wildman–Crippen MR) is 299 cm³/mol. The maximum Gasteiger partial charge on any atom is 0.0680 e. The Balaban J connectivity index is 0.901. The van der Waals surface area contributed by atoms with Crippen LogP contribution in [0.25, 0.3) is 60.5 Å². The number of rotatable bonds is 8. The second-order valence-corrected chi connectivity index (χ2v) is 20.0. The summed E-state index contributed by atoms with van der Waals surface area (Å²) in [6, 6.07) is 79.8. The van der Waals surface area contributed by atoms with Crippen LogP contribution >= 0.6 is 0 Å². The summed E-state index contributed by atoms with van der Waals surface area (Å²) in [5.74, 6) is 0.505. The molecule has 338 valence electrons. The fraction of sp³-hybridized carbons (Fsp3) is 0.101. The molecule has 0 amide bonds. The van der Waals surface area contributed by atoms with E-state index in [-0.39, 0.29) is 0 Å². The molecule has 0 spiro atoms. The van der Waals surface area contributed by atoms with E-state index in [2.05, 4.69) is 259 Å². The minimum atomic E-state index is -0.452. The summed E-state index contributed by atoms with van der Waals surface area (Å²) < 4.78 is 2.42. The van der Waals surface area contributed by atoms with E-state index in [1.807, 2.05) is 0 Å². The molecular weight excluding hydrogens is 857 g/mol. The van der Waals surface area contributed by atoms with Crippen LogP contribution in [-0.4, -0.2) is 4.57 Å². The van der Waals surface area contributed by atoms with Gasteiger partial charge in [-0.25, -0.2) is 0 Å². The zero-order valence-corrected chi connectivity index (χ0v) is 39.9. The molecule has 1 atom stereocenters. The molecule has 2 heteroatoms. The van der Waals surface area contributed by atoms with E-state index in [1.54, 1.807) is 0 Å². The van der Waals surface area contributed by atoms with Crippen molar-refractivity contribution in [1.82, 2.24) is 4.57 Å². The summed E-state index contributed by atoms with van der Waals surface area (Å²) in [7, 11) is 0. The van der Waals surface area contributed by atoms with Gasteiger partial charge in [0.2, 0.25) is 0 Å². The van der Waals surface area contributed by atoms with Gasteiger partial charge in [0.1, 0.15) is 0 Å². The van der Waals surface area contributed by atoms with E-state index in [4.69, 9.17) is 0 Å². The summed E-state index contributed by atoms with van der Waals surface area (Å²) in [5, 5.41) is 4.97. The third-order valence-electron chi connectivity index (χ3n) is 15.9. The Morgan fingerprint density at radius 3 is 1.99 bits per heavy atom. The Morgan fingerprint density at radius 2 is 1.21 bits per heavy atom. The molecule has 71 heavy (non-hydrogen) atoms. The van der Waals surface area contributed by atoms with Gasteiger partial charge in [-0.2, -0.15) is 0 Å². The highest BCUT2D eigenvalue weighted by atomic mass is 15.1. The number of anilines is 3. The van der Waals surface area contributed by atoms with Gasteiger partial charge in [-0.05, 0) is 176 Å². The van der Waals surface area contributed by atoms with Gasteiger partial charge < -0.3 is 9.47 Å². The Kier molecular flexibility index (Phi) is 9.71. The van der Waals surface area contributed by atoms with Crippen molar-refractivity contribution in [3.8, 4) is 16.8 Å². The number of nitrogens with zero attached hydrogens (tertiary/aromatic N) is 2.